The molecule has 0 unspecified atom stereocenters. The van der Waals surface area contributed by atoms with E-state index >= 15 is 0 Å². The molecule has 0 spiro atoms. The van der Waals surface area contributed by atoms with E-state index in [-0.39, 0.29) is 5.48 Å². The van der Waals surface area contributed by atoms with E-state index in [9.17, 15) is 0 Å². The highest BCUT2D eigenvalue weighted by Crippen LogP contribution is 2.29. The molecule has 0 aliphatic carbocycles. The van der Waals surface area contributed by atoms with Crippen molar-refractivity contribution in [3.8, 4) is 0 Å². The molecule has 2 nitrogen and oxygen atoms in total. The van der Waals surface area contributed by atoms with E-state index in [0.717, 1.165) is 4.48 Å². The molecule has 1 N–H and O–H groups in total. The first-order valence-corrected chi connectivity index (χ1v) is 10.5. The van der Waals surface area contributed by atoms with Crippen LogP contribution >= 0.6 is 0 Å². The number of benzene rings is 2. The first-order chi connectivity index (χ1) is 12.1. The van der Waals surface area contributed by atoms with Gasteiger partial charge in [0.05, 0.1) is 20.6 Å². The number of unbranched alkanes of at least 4 members (excludes halogenated alkanes) is 9. The van der Waals surface area contributed by atoms with Gasteiger partial charge in [-0.05, 0) is 30.4 Å². The maximum Gasteiger partial charge on any atom is 0.140 e. The topological polar surface area (TPSA) is 30.0 Å². The number of rotatable bonds is 12. The Morgan fingerprint density at radius 2 is 1.19 bits per heavy atom. The molecule has 146 valence electrons. The first kappa shape index (κ1) is 22.7. The van der Waals surface area contributed by atoms with Crippen molar-refractivity contribution in [1.29, 1.82) is 0 Å². The summed E-state index contributed by atoms with van der Waals surface area (Å²) in [4.78, 5) is 0. The Balaban J connectivity index is 0.00000338. The second kappa shape index (κ2) is 12.1. The first-order valence-electron chi connectivity index (χ1n) is 10.5. The van der Waals surface area contributed by atoms with Crippen LogP contribution in [-0.2, 0) is 0 Å². The van der Waals surface area contributed by atoms with E-state index < -0.39 is 0 Å². The lowest BCUT2D eigenvalue weighted by molar-refractivity contribution is 0.383. The summed E-state index contributed by atoms with van der Waals surface area (Å²) >= 11 is 0. The van der Waals surface area contributed by atoms with E-state index in [2.05, 4.69) is 63.5 Å². The zero-order valence-corrected chi connectivity index (χ0v) is 17.2. The Bertz CT molecular complexity index is 615. The highest BCUT2D eigenvalue weighted by atomic mass is 16.0. The summed E-state index contributed by atoms with van der Waals surface area (Å²) < 4.78 is 0.984. The standard InChI is InChI=1S/C24H38N.H2O/c1-4-5-6-7-8-9-10-11-12-15-21-25(2,3)24-20-16-18-22-17-13-14-19-23(22)24;/h13-14,16-20H,4-12,15,21H2,1-3H3;1H2/q+1;/p-1. The summed E-state index contributed by atoms with van der Waals surface area (Å²) in [5.74, 6) is 0. The summed E-state index contributed by atoms with van der Waals surface area (Å²) in [6, 6.07) is 15.5. The summed E-state index contributed by atoms with van der Waals surface area (Å²) in [5, 5.41) is 2.76. The Kier molecular flexibility index (Phi) is 10.5. The second-order valence-electron chi connectivity index (χ2n) is 8.09. The van der Waals surface area contributed by atoms with Gasteiger partial charge in [0.1, 0.15) is 5.69 Å². The van der Waals surface area contributed by atoms with Crippen LogP contribution in [0.4, 0.5) is 5.69 Å². The molecule has 2 heteroatoms. The van der Waals surface area contributed by atoms with Crippen molar-refractivity contribution in [2.75, 3.05) is 20.6 Å². The third-order valence-corrected chi connectivity index (χ3v) is 5.49. The predicted octanol–water partition coefficient (Wildman–Crippen LogP) is 7.15. The minimum absolute atomic E-state index is 0. The number of hydrogen-bond donors (Lipinski definition) is 0. The fourth-order valence-electron chi connectivity index (χ4n) is 3.85. The molecule has 0 fully saturated rings. The third kappa shape index (κ3) is 7.09. The maximum atomic E-state index is 2.36. The number of quaternary nitrogens is 1. The average Bonchev–Trinajstić information content (AvgIpc) is 2.62. The van der Waals surface area contributed by atoms with Crippen molar-refractivity contribution in [2.24, 2.45) is 0 Å². The molecule has 2 aromatic rings. The zero-order chi connectivity index (χ0) is 18.0. The van der Waals surface area contributed by atoms with Gasteiger partial charge in [-0.2, -0.15) is 0 Å². The van der Waals surface area contributed by atoms with Gasteiger partial charge < -0.3 is 5.48 Å². The molecule has 0 saturated carbocycles. The Morgan fingerprint density at radius 3 is 1.85 bits per heavy atom. The van der Waals surface area contributed by atoms with Gasteiger partial charge in [-0.3, -0.25) is 4.48 Å². The van der Waals surface area contributed by atoms with E-state index in [4.69, 9.17) is 0 Å². The molecule has 2 aromatic carbocycles. The highest BCUT2D eigenvalue weighted by Gasteiger charge is 2.20. The molecular formula is C24H39NO. The van der Waals surface area contributed by atoms with Gasteiger partial charge in [0.2, 0.25) is 0 Å². The lowest BCUT2D eigenvalue weighted by Gasteiger charge is -2.30. The fraction of sp³-hybridized carbons (Fsp3) is 0.583. The molecule has 0 radical (unpaired) electrons. The van der Waals surface area contributed by atoms with Crippen molar-refractivity contribution in [3.63, 3.8) is 0 Å². The van der Waals surface area contributed by atoms with Crippen LogP contribution in [0.15, 0.2) is 42.5 Å². The van der Waals surface area contributed by atoms with Crippen molar-refractivity contribution in [1.82, 2.24) is 4.48 Å². The molecule has 0 aliphatic heterocycles. The Morgan fingerprint density at radius 1 is 0.654 bits per heavy atom. The molecule has 0 atom stereocenters. The SMILES string of the molecule is CCCCCCCCCCCC[N+](C)(C)c1cccc2ccccc12.[OH-]. The van der Waals surface area contributed by atoms with Crippen molar-refractivity contribution in [3.05, 3.63) is 42.5 Å². The van der Waals surface area contributed by atoms with E-state index in [0.29, 0.717) is 0 Å². The molecule has 0 amide bonds. The number of hydrogen-bond acceptors (Lipinski definition) is 1. The van der Waals surface area contributed by atoms with Gasteiger partial charge in [-0.15, -0.1) is 0 Å². The van der Waals surface area contributed by atoms with Crippen molar-refractivity contribution < 1.29 is 5.48 Å². The molecule has 0 aromatic heterocycles. The van der Waals surface area contributed by atoms with Crippen LogP contribution in [0, 0.1) is 0 Å². The quantitative estimate of drug-likeness (QED) is 0.293. The number of nitrogens with zero attached hydrogens (tertiary/aromatic N) is 1. The molecule has 0 bridgehead atoms. The fourth-order valence-corrected chi connectivity index (χ4v) is 3.85. The van der Waals surface area contributed by atoms with E-state index in [1.165, 1.54) is 87.2 Å². The molecule has 0 aliphatic rings. The lowest BCUT2D eigenvalue weighted by atomic mass is 10.0. The molecule has 0 heterocycles. The van der Waals surface area contributed by atoms with Crippen molar-refractivity contribution >= 4 is 16.5 Å². The van der Waals surface area contributed by atoms with Gasteiger partial charge in [0, 0.05) is 5.39 Å². The summed E-state index contributed by atoms with van der Waals surface area (Å²) in [7, 11) is 4.71. The molecule has 0 saturated heterocycles. The summed E-state index contributed by atoms with van der Waals surface area (Å²) in [6.45, 7) is 3.52. The smallest absolute Gasteiger partial charge is 0.140 e. The highest BCUT2D eigenvalue weighted by molar-refractivity contribution is 5.93. The van der Waals surface area contributed by atoms with E-state index in [1.807, 2.05) is 0 Å². The monoisotopic (exact) mass is 357 g/mol. The van der Waals surface area contributed by atoms with Crippen LogP contribution in [0.5, 0.6) is 0 Å². The van der Waals surface area contributed by atoms with Gasteiger partial charge >= 0.3 is 0 Å². The van der Waals surface area contributed by atoms with Gasteiger partial charge in [0.15, 0.2) is 0 Å². The molecular weight excluding hydrogens is 318 g/mol. The van der Waals surface area contributed by atoms with Crippen LogP contribution in [0.25, 0.3) is 10.8 Å². The Hall–Kier alpha value is -1.38. The normalized spacial score (nSPS) is 11.5. The van der Waals surface area contributed by atoms with Crippen LogP contribution in [0.3, 0.4) is 0 Å². The second-order valence-corrected chi connectivity index (χ2v) is 8.09. The van der Waals surface area contributed by atoms with Crippen LogP contribution in [0.1, 0.15) is 71.1 Å². The number of fused-ring (bicyclic) bond motifs is 1. The van der Waals surface area contributed by atoms with E-state index in [1.54, 1.807) is 0 Å². The maximum absolute atomic E-state index is 2.36. The summed E-state index contributed by atoms with van der Waals surface area (Å²) in [5.41, 5.74) is 1.45. The van der Waals surface area contributed by atoms with Crippen LogP contribution < -0.4 is 4.48 Å². The minimum Gasteiger partial charge on any atom is -0.870 e. The Labute approximate surface area is 161 Å². The minimum atomic E-state index is 0. The lowest BCUT2D eigenvalue weighted by Crippen LogP contribution is -2.41. The molecule has 2 rings (SSSR count). The largest absolute Gasteiger partial charge is 0.870 e. The van der Waals surface area contributed by atoms with Gasteiger partial charge in [0.25, 0.3) is 0 Å². The third-order valence-electron chi connectivity index (χ3n) is 5.49. The average molecular weight is 358 g/mol. The van der Waals surface area contributed by atoms with Gasteiger partial charge in [-0.1, -0.05) is 88.6 Å². The van der Waals surface area contributed by atoms with Gasteiger partial charge in [-0.25, -0.2) is 0 Å². The zero-order valence-electron chi connectivity index (χ0n) is 17.2. The van der Waals surface area contributed by atoms with Crippen LogP contribution in [-0.4, -0.2) is 26.1 Å². The molecule has 26 heavy (non-hydrogen) atoms. The van der Waals surface area contributed by atoms with Crippen molar-refractivity contribution in [2.45, 2.75) is 71.1 Å². The summed E-state index contributed by atoms with van der Waals surface area (Å²) in [6.07, 6.45) is 14.1. The predicted molar refractivity (Wildman–Crippen MR) is 116 cm³/mol. The van der Waals surface area contributed by atoms with Crippen LogP contribution in [0.2, 0.25) is 0 Å².